The molecule has 0 radical (unpaired) electrons. The third kappa shape index (κ3) is 4.66. The van der Waals surface area contributed by atoms with Gasteiger partial charge in [-0.05, 0) is 5.92 Å². The molecule has 0 amide bonds. The lowest BCUT2D eigenvalue weighted by atomic mass is 10.1. The molecule has 1 aromatic heterocycles. The molecule has 0 atom stereocenters. The Kier molecular flexibility index (Phi) is 5.86. The zero-order chi connectivity index (χ0) is 12.7. The SMILES string of the molecule is CC(C)c1cc(N(C)CCOCCN)ncn1. The standard InChI is InChI=1S/C12H22N4O/c1-10(2)11-8-12(15-9-14-11)16(3)5-7-17-6-4-13/h8-10H,4-7,13H2,1-3H3. The Morgan fingerprint density at radius 2 is 2.12 bits per heavy atom. The van der Waals surface area contributed by atoms with Gasteiger partial charge in [0.25, 0.3) is 0 Å². The average Bonchev–Trinajstić information content (AvgIpc) is 2.34. The topological polar surface area (TPSA) is 64.3 Å². The summed E-state index contributed by atoms with van der Waals surface area (Å²) >= 11 is 0. The summed E-state index contributed by atoms with van der Waals surface area (Å²) in [5.74, 6) is 1.35. The number of hydrogen-bond acceptors (Lipinski definition) is 5. The van der Waals surface area contributed by atoms with Gasteiger partial charge in [-0.2, -0.15) is 0 Å². The van der Waals surface area contributed by atoms with Crippen molar-refractivity contribution >= 4 is 5.82 Å². The molecule has 1 rings (SSSR count). The van der Waals surface area contributed by atoms with Gasteiger partial charge in [0.2, 0.25) is 0 Å². The predicted molar refractivity (Wildman–Crippen MR) is 69.3 cm³/mol. The number of hydrogen-bond donors (Lipinski definition) is 1. The van der Waals surface area contributed by atoms with E-state index in [1.807, 2.05) is 13.1 Å². The van der Waals surface area contributed by atoms with E-state index >= 15 is 0 Å². The van der Waals surface area contributed by atoms with Gasteiger partial charge < -0.3 is 15.4 Å². The molecule has 0 saturated carbocycles. The van der Waals surface area contributed by atoms with Crippen LogP contribution in [0.25, 0.3) is 0 Å². The van der Waals surface area contributed by atoms with E-state index in [9.17, 15) is 0 Å². The van der Waals surface area contributed by atoms with Gasteiger partial charge in [-0.1, -0.05) is 13.8 Å². The Hall–Kier alpha value is -1.20. The molecule has 0 unspecified atom stereocenters. The third-order valence-corrected chi connectivity index (χ3v) is 2.49. The van der Waals surface area contributed by atoms with Crippen LogP contribution in [0.3, 0.4) is 0 Å². The highest BCUT2D eigenvalue weighted by Gasteiger charge is 2.06. The summed E-state index contributed by atoms with van der Waals surface area (Å²) < 4.78 is 5.34. The average molecular weight is 238 g/mol. The van der Waals surface area contributed by atoms with Crippen molar-refractivity contribution in [2.24, 2.45) is 5.73 Å². The first-order valence-corrected chi connectivity index (χ1v) is 5.96. The van der Waals surface area contributed by atoms with Crippen LogP contribution in [-0.4, -0.2) is 43.3 Å². The first-order chi connectivity index (χ1) is 8.15. The normalized spacial score (nSPS) is 10.9. The zero-order valence-corrected chi connectivity index (χ0v) is 10.9. The minimum Gasteiger partial charge on any atom is -0.378 e. The fraction of sp³-hybridized carbons (Fsp3) is 0.667. The number of likely N-dealkylation sites (N-methyl/N-ethyl adjacent to an activating group) is 1. The van der Waals surface area contributed by atoms with Crippen LogP contribution in [0.2, 0.25) is 0 Å². The Labute approximate surface area is 103 Å². The lowest BCUT2D eigenvalue weighted by Gasteiger charge is -2.18. The first-order valence-electron chi connectivity index (χ1n) is 5.96. The summed E-state index contributed by atoms with van der Waals surface area (Å²) in [5, 5.41) is 0. The number of ether oxygens (including phenoxy) is 1. The smallest absolute Gasteiger partial charge is 0.132 e. The fourth-order valence-corrected chi connectivity index (χ4v) is 1.39. The van der Waals surface area contributed by atoms with Crippen LogP contribution >= 0.6 is 0 Å². The minimum absolute atomic E-state index is 0.415. The van der Waals surface area contributed by atoms with Crippen molar-refractivity contribution in [2.45, 2.75) is 19.8 Å². The van der Waals surface area contributed by atoms with E-state index in [1.165, 1.54) is 0 Å². The van der Waals surface area contributed by atoms with Crippen molar-refractivity contribution in [2.75, 3.05) is 38.3 Å². The lowest BCUT2D eigenvalue weighted by Crippen LogP contribution is -2.24. The van der Waals surface area contributed by atoms with Crippen molar-refractivity contribution in [3.8, 4) is 0 Å². The van der Waals surface area contributed by atoms with Crippen LogP contribution in [0.15, 0.2) is 12.4 Å². The molecule has 17 heavy (non-hydrogen) atoms. The summed E-state index contributed by atoms with van der Waals surface area (Å²) in [4.78, 5) is 10.6. The molecular formula is C12H22N4O. The second kappa shape index (κ2) is 7.19. The van der Waals surface area contributed by atoms with E-state index in [0.717, 1.165) is 18.1 Å². The Balaban J connectivity index is 2.50. The maximum Gasteiger partial charge on any atom is 0.132 e. The molecule has 2 N–H and O–H groups in total. The highest BCUT2D eigenvalue weighted by Crippen LogP contribution is 2.15. The van der Waals surface area contributed by atoms with Crippen molar-refractivity contribution in [3.63, 3.8) is 0 Å². The molecular weight excluding hydrogens is 216 g/mol. The maximum atomic E-state index is 5.35. The van der Waals surface area contributed by atoms with Gasteiger partial charge in [-0.15, -0.1) is 0 Å². The second-order valence-corrected chi connectivity index (χ2v) is 4.28. The molecule has 0 aliphatic rings. The zero-order valence-electron chi connectivity index (χ0n) is 10.9. The predicted octanol–water partition coefficient (Wildman–Crippen LogP) is 1.01. The Morgan fingerprint density at radius 1 is 1.35 bits per heavy atom. The monoisotopic (exact) mass is 238 g/mol. The van der Waals surface area contributed by atoms with E-state index in [4.69, 9.17) is 10.5 Å². The Morgan fingerprint density at radius 3 is 2.76 bits per heavy atom. The van der Waals surface area contributed by atoms with Crippen molar-refractivity contribution in [3.05, 3.63) is 18.1 Å². The molecule has 0 saturated heterocycles. The second-order valence-electron chi connectivity index (χ2n) is 4.28. The van der Waals surface area contributed by atoms with Crippen LogP contribution in [0.5, 0.6) is 0 Å². The molecule has 0 aromatic carbocycles. The van der Waals surface area contributed by atoms with Gasteiger partial charge in [0.15, 0.2) is 0 Å². The molecule has 5 heteroatoms. The molecule has 96 valence electrons. The fourth-order valence-electron chi connectivity index (χ4n) is 1.39. The summed E-state index contributed by atoms with van der Waals surface area (Å²) in [5.41, 5.74) is 6.41. The van der Waals surface area contributed by atoms with E-state index in [0.29, 0.717) is 25.7 Å². The summed E-state index contributed by atoms with van der Waals surface area (Å²) in [6, 6.07) is 2.02. The number of nitrogens with zero attached hydrogens (tertiary/aromatic N) is 3. The molecule has 1 aromatic rings. The summed E-state index contributed by atoms with van der Waals surface area (Å²) in [7, 11) is 2.00. The molecule has 0 fully saturated rings. The van der Waals surface area contributed by atoms with Crippen molar-refractivity contribution < 1.29 is 4.74 Å². The highest BCUT2D eigenvalue weighted by molar-refractivity contribution is 5.38. The van der Waals surface area contributed by atoms with Crippen LogP contribution < -0.4 is 10.6 Å². The summed E-state index contributed by atoms with van der Waals surface area (Å²) in [6.07, 6.45) is 1.61. The highest BCUT2D eigenvalue weighted by atomic mass is 16.5. The Bertz CT molecular complexity index is 330. The van der Waals surface area contributed by atoms with Crippen LogP contribution in [0.1, 0.15) is 25.5 Å². The summed E-state index contributed by atoms with van der Waals surface area (Å²) in [6.45, 7) is 6.87. The molecule has 0 aliphatic heterocycles. The van der Waals surface area contributed by atoms with E-state index < -0.39 is 0 Å². The number of rotatable bonds is 7. The molecule has 0 aliphatic carbocycles. The maximum absolute atomic E-state index is 5.35. The molecule has 0 bridgehead atoms. The lowest BCUT2D eigenvalue weighted by molar-refractivity contribution is 0.148. The van der Waals surface area contributed by atoms with Gasteiger partial charge in [0.1, 0.15) is 12.1 Å². The van der Waals surface area contributed by atoms with Crippen molar-refractivity contribution in [1.82, 2.24) is 9.97 Å². The molecule has 0 spiro atoms. The number of aromatic nitrogens is 2. The third-order valence-electron chi connectivity index (χ3n) is 2.49. The van der Waals surface area contributed by atoms with Gasteiger partial charge in [0, 0.05) is 31.9 Å². The quantitative estimate of drug-likeness (QED) is 0.718. The van der Waals surface area contributed by atoms with Crippen LogP contribution in [0.4, 0.5) is 5.82 Å². The number of nitrogens with two attached hydrogens (primary N) is 1. The van der Waals surface area contributed by atoms with Gasteiger partial charge in [-0.25, -0.2) is 9.97 Å². The first kappa shape index (κ1) is 13.9. The van der Waals surface area contributed by atoms with Gasteiger partial charge in [-0.3, -0.25) is 0 Å². The molecule has 1 heterocycles. The van der Waals surface area contributed by atoms with E-state index in [2.05, 4.69) is 28.7 Å². The minimum atomic E-state index is 0.415. The number of anilines is 1. The van der Waals surface area contributed by atoms with E-state index in [-0.39, 0.29) is 0 Å². The van der Waals surface area contributed by atoms with Gasteiger partial charge in [0.05, 0.1) is 13.2 Å². The largest absolute Gasteiger partial charge is 0.378 e. The van der Waals surface area contributed by atoms with Crippen LogP contribution in [0, 0.1) is 0 Å². The molecule has 5 nitrogen and oxygen atoms in total. The van der Waals surface area contributed by atoms with Crippen LogP contribution in [-0.2, 0) is 4.74 Å². The van der Waals surface area contributed by atoms with Gasteiger partial charge >= 0.3 is 0 Å². The van der Waals surface area contributed by atoms with Crippen molar-refractivity contribution in [1.29, 1.82) is 0 Å². The van der Waals surface area contributed by atoms with E-state index in [1.54, 1.807) is 6.33 Å².